The van der Waals surface area contributed by atoms with Crippen LogP contribution >= 0.6 is 0 Å². The van der Waals surface area contributed by atoms with Gasteiger partial charge in [0.15, 0.2) is 11.5 Å². The summed E-state index contributed by atoms with van der Waals surface area (Å²) in [6.07, 6.45) is 0. The molecule has 0 saturated heterocycles. The van der Waals surface area contributed by atoms with E-state index in [1.807, 2.05) is 49.4 Å². The van der Waals surface area contributed by atoms with Gasteiger partial charge < -0.3 is 18.9 Å². The van der Waals surface area contributed by atoms with Crippen molar-refractivity contribution in [3.63, 3.8) is 0 Å². The summed E-state index contributed by atoms with van der Waals surface area (Å²) in [6.45, 7) is 2.66. The minimum atomic E-state index is 0.271. The van der Waals surface area contributed by atoms with Crippen LogP contribution in [0, 0.1) is 6.92 Å². The molecule has 5 nitrogen and oxygen atoms in total. The summed E-state index contributed by atoms with van der Waals surface area (Å²) in [6, 6.07) is 13.5. The molecule has 24 heavy (non-hydrogen) atoms. The molecule has 1 aromatic heterocycles. The van der Waals surface area contributed by atoms with Gasteiger partial charge in [-0.25, -0.2) is 0 Å². The Hall–Kier alpha value is -2.95. The number of fused-ring (bicyclic) bond motifs is 2. The number of nitrogens with zero attached hydrogens (tertiary/aromatic N) is 1. The maximum Gasteiger partial charge on any atom is 0.231 e. The minimum absolute atomic E-state index is 0.271. The molecule has 0 radical (unpaired) electrons. The van der Waals surface area contributed by atoms with Crippen molar-refractivity contribution < 1.29 is 18.9 Å². The van der Waals surface area contributed by atoms with Crippen molar-refractivity contribution in [2.24, 2.45) is 0 Å². The number of hydrogen-bond acceptors (Lipinski definition) is 5. The molecule has 4 rings (SSSR count). The molecule has 2 aromatic carbocycles. The lowest BCUT2D eigenvalue weighted by Crippen LogP contribution is -1.98. The zero-order valence-electron chi connectivity index (χ0n) is 13.5. The fourth-order valence-electron chi connectivity index (χ4n) is 2.74. The number of rotatable bonds is 4. The van der Waals surface area contributed by atoms with Crippen molar-refractivity contribution in [3.8, 4) is 23.0 Å². The average molecular weight is 323 g/mol. The second-order valence-corrected chi connectivity index (χ2v) is 5.62. The van der Waals surface area contributed by atoms with E-state index < -0.39 is 0 Å². The smallest absolute Gasteiger partial charge is 0.231 e. The first kappa shape index (κ1) is 14.6. The molecular formula is C19H17NO4. The van der Waals surface area contributed by atoms with E-state index in [1.54, 1.807) is 7.11 Å². The van der Waals surface area contributed by atoms with Crippen molar-refractivity contribution in [1.29, 1.82) is 0 Å². The molecule has 1 aliphatic rings. The van der Waals surface area contributed by atoms with Gasteiger partial charge >= 0.3 is 0 Å². The van der Waals surface area contributed by atoms with Crippen LogP contribution in [0.1, 0.15) is 11.3 Å². The Balaban J connectivity index is 1.64. The fraction of sp³-hybridized carbons (Fsp3) is 0.211. The van der Waals surface area contributed by atoms with Gasteiger partial charge in [0.1, 0.15) is 18.1 Å². The van der Waals surface area contributed by atoms with E-state index in [-0.39, 0.29) is 6.79 Å². The van der Waals surface area contributed by atoms with Crippen LogP contribution in [0.3, 0.4) is 0 Å². The summed E-state index contributed by atoms with van der Waals surface area (Å²) in [5.74, 6) is 3.09. The molecule has 0 spiro atoms. The third-order valence-electron chi connectivity index (χ3n) is 3.94. The van der Waals surface area contributed by atoms with Crippen LogP contribution in [-0.2, 0) is 6.61 Å². The number of pyridine rings is 1. The fourth-order valence-corrected chi connectivity index (χ4v) is 2.74. The first-order valence-electron chi connectivity index (χ1n) is 7.69. The lowest BCUT2D eigenvalue weighted by atomic mass is 10.1. The Labute approximate surface area is 139 Å². The van der Waals surface area contributed by atoms with Crippen molar-refractivity contribution in [1.82, 2.24) is 4.98 Å². The van der Waals surface area contributed by atoms with Crippen LogP contribution in [0.2, 0.25) is 0 Å². The molecule has 2 heterocycles. The van der Waals surface area contributed by atoms with Crippen LogP contribution in [0.25, 0.3) is 10.9 Å². The van der Waals surface area contributed by atoms with E-state index in [1.165, 1.54) is 0 Å². The molecule has 3 aromatic rings. The Morgan fingerprint density at radius 3 is 2.79 bits per heavy atom. The third-order valence-corrected chi connectivity index (χ3v) is 3.94. The highest BCUT2D eigenvalue weighted by Gasteiger charge is 2.14. The van der Waals surface area contributed by atoms with Gasteiger partial charge in [-0.3, -0.25) is 4.98 Å². The highest BCUT2D eigenvalue weighted by Crippen LogP contribution is 2.34. The first-order chi connectivity index (χ1) is 11.7. The Kier molecular flexibility index (Phi) is 3.61. The normalized spacial score (nSPS) is 12.4. The minimum Gasteiger partial charge on any atom is -0.497 e. The van der Waals surface area contributed by atoms with Crippen LogP contribution in [0.4, 0.5) is 0 Å². The van der Waals surface area contributed by atoms with Crippen molar-refractivity contribution in [2.75, 3.05) is 13.9 Å². The largest absolute Gasteiger partial charge is 0.497 e. The van der Waals surface area contributed by atoms with E-state index in [4.69, 9.17) is 18.9 Å². The third kappa shape index (κ3) is 2.69. The van der Waals surface area contributed by atoms with Gasteiger partial charge in [-0.05, 0) is 42.8 Å². The van der Waals surface area contributed by atoms with Gasteiger partial charge in [-0.15, -0.1) is 0 Å². The molecule has 0 N–H and O–H groups in total. The van der Waals surface area contributed by atoms with E-state index in [2.05, 4.69) is 4.98 Å². The standard InChI is InChI=1S/C19H17NO4/c1-12-7-18(15-9-14(21-2)4-5-16(15)20-12)22-10-13-3-6-17-19(8-13)24-11-23-17/h3-9H,10-11H2,1-2H3. The molecule has 0 amide bonds. The Morgan fingerprint density at radius 2 is 1.92 bits per heavy atom. The van der Waals surface area contributed by atoms with Crippen LogP contribution < -0.4 is 18.9 Å². The summed E-state index contributed by atoms with van der Waals surface area (Å²) < 4.78 is 22.1. The lowest BCUT2D eigenvalue weighted by molar-refractivity contribution is 0.174. The second kappa shape index (κ2) is 5.92. The van der Waals surface area contributed by atoms with E-state index >= 15 is 0 Å². The summed E-state index contributed by atoms with van der Waals surface area (Å²) in [5.41, 5.74) is 2.81. The summed E-state index contributed by atoms with van der Waals surface area (Å²) in [4.78, 5) is 4.54. The molecule has 0 saturated carbocycles. The number of benzene rings is 2. The maximum absolute atomic E-state index is 6.05. The zero-order valence-corrected chi connectivity index (χ0v) is 13.5. The molecule has 1 aliphatic heterocycles. The first-order valence-corrected chi connectivity index (χ1v) is 7.69. The van der Waals surface area contributed by atoms with Crippen molar-refractivity contribution in [3.05, 3.63) is 53.7 Å². The van der Waals surface area contributed by atoms with E-state index in [0.29, 0.717) is 6.61 Å². The highest BCUT2D eigenvalue weighted by molar-refractivity contribution is 5.86. The quantitative estimate of drug-likeness (QED) is 0.730. The molecule has 0 bridgehead atoms. The van der Waals surface area contributed by atoms with Gasteiger partial charge in [0.05, 0.1) is 12.6 Å². The van der Waals surface area contributed by atoms with Crippen molar-refractivity contribution >= 4 is 10.9 Å². The maximum atomic E-state index is 6.05. The second-order valence-electron chi connectivity index (χ2n) is 5.62. The molecule has 5 heteroatoms. The number of aryl methyl sites for hydroxylation is 1. The molecule has 0 unspecified atom stereocenters. The summed E-state index contributed by atoms with van der Waals surface area (Å²) in [5, 5.41) is 0.931. The zero-order chi connectivity index (χ0) is 16.5. The van der Waals surface area contributed by atoms with E-state index in [0.717, 1.165) is 45.2 Å². The summed E-state index contributed by atoms with van der Waals surface area (Å²) >= 11 is 0. The SMILES string of the molecule is COc1ccc2nc(C)cc(OCc3ccc4c(c3)OCO4)c2c1. The molecule has 122 valence electrons. The van der Waals surface area contributed by atoms with Gasteiger partial charge in [0.25, 0.3) is 0 Å². The predicted molar refractivity (Wildman–Crippen MR) is 89.9 cm³/mol. The number of methoxy groups -OCH3 is 1. The Bertz CT molecular complexity index is 907. The highest BCUT2D eigenvalue weighted by atomic mass is 16.7. The van der Waals surface area contributed by atoms with E-state index in [9.17, 15) is 0 Å². The Morgan fingerprint density at radius 1 is 1.04 bits per heavy atom. The lowest BCUT2D eigenvalue weighted by Gasteiger charge is -2.11. The van der Waals surface area contributed by atoms with Gasteiger partial charge in [-0.1, -0.05) is 6.07 Å². The number of aromatic nitrogens is 1. The van der Waals surface area contributed by atoms with Crippen LogP contribution in [0.5, 0.6) is 23.0 Å². The predicted octanol–water partition coefficient (Wildman–Crippen LogP) is 3.86. The van der Waals surface area contributed by atoms with Crippen molar-refractivity contribution in [2.45, 2.75) is 13.5 Å². The molecule has 0 aliphatic carbocycles. The molecular weight excluding hydrogens is 306 g/mol. The molecule has 0 fully saturated rings. The number of ether oxygens (including phenoxy) is 4. The van der Waals surface area contributed by atoms with Crippen LogP contribution in [0.15, 0.2) is 42.5 Å². The monoisotopic (exact) mass is 323 g/mol. The van der Waals surface area contributed by atoms with Gasteiger partial charge in [0.2, 0.25) is 6.79 Å². The number of hydrogen-bond donors (Lipinski definition) is 0. The van der Waals surface area contributed by atoms with Gasteiger partial charge in [-0.2, -0.15) is 0 Å². The van der Waals surface area contributed by atoms with Gasteiger partial charge in [0, 0.05) is 17.1 Å². The summed E-state index contributed by atoms with van der Waals surface area (Å²) in [7, 11) is 1.65. The van der Waals surface area contributed by atoms with Crippen LogP contribution in [-0.4, -0.2) is 18.9 Å². The average Bonchev–Trinajstić information content (AvgIpc) is 3.07. The molecule has 0 atom stereocenters. The topological polar surface area (TPSA) is 49.8 Å².